The molecule has 49 valence electrons. The van der Waals surface area contributed by atoms with Crippen LogP contribution in [0.3, 0.4) is 0 Å². The highest BCUT2D eigenvalue weighted by atomic mass is 19.1. The third kappa shape index (κ3) is 5.89. The molecule has 0 aromatic heterocycles. The Morgan fingerprint density at radius 3 is 2.62 bits per heavy atom. The van der Waals surface area contributed by atoms with Crippen LogP contribution in [0.1, 0.15) is 19.8 Å². The smallest absolute Gasteiger partial charge is 0.0894 e. The van der Waals surface area contributed by atoms with Gasteiger partial charge < -0.3 is 0 Å². The first-order chi connectivity index (χ1) is 3.91. The summed E-state index contributed by atoms with van der Waals surface area (Å²) < 4.78 is 11.4. The minimum Gasteiger partial charge on any atom is -0.251 e. The molecule has 0 spiro atoms. The molecule has 0 amide bonds. The first kappa shape index (κ1) is 7.89. The van der Waals surface area contributed by atoms with Crippen LogP contribution in [0.5, 0.6) is 0 Å². The van der Waals surface area contributed by atoms with E-state index in [2.05, 4.69) is 5.32 Å². The highest BCUT2D eigenvalue weighted by Crippen LogP contribution is 1.86. The van der Waals surface area contributed by atoms with Gasteiger partial charge >= 0.3 is 0 Å². The van der Waals surface area contributed by atoms with Gasteiger partial charge in [-0.25, -0.2) is 5.32 Å². The van der Waals surface area contributed by atoms with Gasteiger partial charge in [-0.15, -0.1) is 0 Å². The van der Waals surface area contributed by atoms with Gasteiger partial charge in [0.05, 0.1) is 6.67 Å². The minimum absolute atomic E-state index is 0.195. The second-order valence-corrected chi connectivity index (χ2v) is 1.66. The Balaban J connectivity index is 2.53. The third-order valence-corrected chi connectivity index (χ3v) is 0.923. The average molecular weight is 118 g/mol. The summed E-state index contributed by atoms with van der Waals surface area (Å²) in [5, 5.41) is 4.04. The van der Waals surface area contributed by atoms with E-state index < -0.39 is 0 Å². The quantitative estimate of drug-likeness (QED) is 0.484. The number of alkyl halides is 1. The molecule has 0 bridgehead atoms. The van der Waals surface area contributed by atoms with Crippen molar-refractivity contribution in [3.05, 3.63) is 0 Å². The molecule has 0 aromatic rings. The molecule has 0 aliphatic heterocycles. The van der Waals surface area contributed by atoms with Crippen molar-refractivity contribution < 1.29 is 4.39 Å². The number of unbranched alkanes of at least 4 members (excludes halogenated alkanes) is 1. The van der Waals surface area contributed by atoms with Gasteiger partial charge in [-0.05, 0) is 12.8 Å². The van der Waals surface area contributed by atoms with Crippen molar-refractivity contribution >= 4 is 0 Å². The van der Waals surface area contributed by atoms with Crippen LogP contribution in [0.2, 0.25) is 0 Å². The van der Waals surface area contributed by atoms with Gasteiger partial charge in [-0.2, -0.15) is 0 Å². The SMILES string of the molecule is CC[N]CCCCF. The Morgan fingerprint density at radius 2 is 2.12 bits per heavy atom. The van der Waals surface area contributed by atoms with E-state index in [1.807, 2.05) is 6.92 Å². The standard InChI is InChI=1S/C6H13FN/c1-2-8-6-4-3-5-7/h2-6H2,1H3. The average Bonchev–Trinajstić information content (AvgIpc) is 1.81. The van der Waals surface area contributed by atoms with Crippen LogP contribution in [-0.2, 0) is 0 Å². The molecule has 0 aromatic carbocycles. The number of rotatable bonds is 5. The van der Waals surface area contributed by atoms with Crippen LogP contribution in [0.4, 0.5) is 4.39 Å². The van der Waals surface area contributed by atoms with Crippen molar-refractivity contribution in [3.63, 3.8) is 0 Å². The van der Waals surface area contributed by atoms with Gasteiger partial charge in [0.1, 0.15) is 0 Å². The zero-order valence-electron chi connectivity index (χ0n) is 5.36. The predicted octanol–water partition coefficient (Wildman–Crippen LogP) is 1.36. The molecule has 0 fully saturated rings. The molecular formula is C6H13FN. The van der Waals surface area contributed by atoms with Gasteiger partial charge in [0, 0.05) is 13.1 Å². The predicted molar refractivity (Wildman–Crippen MR) is 32.8 cm³/mol. The first-order valence-corrected chi connectivity index (χ1v) is 3.11. The second-order valence-electron chi connectivity index (χ2n) is 1.66. The molecule has 0 rings (SSSR count). The molecule has 0 atom stereocenters. The van der Waals surface area contributed by atoms with Crippen molar-refractivity contribution in [2.75, 3.05) is 19.8 Å². The largest absolute Gasteiger partial charge is 0.251 e. The van der Waals surface area contributed by atoms with Crippen LogP contribution >= 0.6 is 0 Å². The van der Waals surface area contributed by atoms with E-state index in [1.165, 1.54) is 0 Å². The van der Waals surface area contributed by atoms with Crippen molar-refractivity contribution in [3.8, 4) is 0 Å². The Bertz CT molecular complexity index is 33.5. The van der Waals surface area contributed by atoms with Crippen molar-refractivity contribution in [2.24, 2.45) is 0 Å². The third-order valence-electron chi connectivity index (χ3n) is 0.923. The van der Waals surface area contributed by atoms with Crippen molar-refractivity contribution in [1.82, 2.24) is 5.32 Å². The number of hydrogen-bond donors (Lipinski definition) is 0. The fourth-order valence-electron chi connectivity index (χ4n) is 0.476. The van der Waals surface area contributed by atoms with Crippen LogP contribution in [0.15, 0.2) is 0 Å². The summed E-state index contributed by atoms with van der Waals surface area (Å²) in [5.74, 6) is 0. The summed E-state index contributed by atoms with van der Waals surface area (Å²) in [5.41, 5.74) is 0. The molecular weight excluding hydrogens is 105 g/mol. The Hall–Kier alpha value is -0.110. The highest BCUT2D eigenvalue weighted by Gasteiger charge is 1.84. The summed E-state index contributed by atoms with van der Waals surface area (Å²) in [6.45, 7) is 3.50. The Labute approximate surface area is 50.3 Å². The lowest BCUT2D eigenvalue weighted by Crippen LogP contribution is -2.05. The lowest BCUT2D eigenvalue weighted by molar-refractivity contribution is 0.455. The molecule has 0 unspecified atom stereocenters. The van der Waals surface area contributed by atoms with Crippen LogP contribution in [0, 0.1) is 0 Å². The highest BCUT2D eigenvalue weighted by molar-refractivity contribution is 4.42. The van der Waals surface area contributed by atoms with E-state index in [0.717, 1.165) is 19.5 Å². The van der Waals surface area contributed by atoms with Crippen LogP contribution in [-0.4, -0.2) is 19.8 Å². The lowest BCUT2D eigenvalue weighted by atomic mass is 10.3. The van der Waals surface area contributed by atoms with Crippen LogP contribution in [0.25, 0.3) is 0 Å². The summed E-state index contributed by atoms with van der Waals surface area (Å²) >= 11 is 0. The maximum atomic E-state index is 11.4. The van der Waals surface area contributed by atoms with Gasteiger partial charge in [0.25, 0.3) is 0 Å². The number of hydrogen-bond acceptors (Lipinski definition) is 0. The zero-order valence-corrected chi connectivity index (χ0v) is 5.36. The fourth-order valence-corrected chi connectivity index (χ4v) is 0.476. The fraction of sp³-hybridized carbons (Fsp3) is 1.00. The lowest BCUT2D eigenvalue weighted by Gasteiger charge is -1.93. The molecule has 2 heteroatoms. The molecule has 1 radical (unpaired) electrons. The normalized spacial score (nSPS) is 9.75. The molecule has 0 aliphatic carbocycles. The zero-order chi connectivity index (χ0) is 6.24. The number of nitrogens with zero attached hydrogens (tertiary/aromatic N) is 1. The summed E-state index contributed by atoms with van der Waals surface area (Å²) in [6.07, 6.45) is 1.58. The van der Waals surface area contributed by atoms with Crippen molar-refractivity contribution in [2.45, 2.75) is 19.8 Å². The molecule has 0 saturated heterocycles. The second kappa shape index (κ2) is 6.89. The first-order valence-electron chi connectivity index (χ1n) is 3.11. The van der Waals surface area contributed by atoms with E-state index in [0.29, 0.717) is 6.42 Å². The van der Waals surface area contributed by atoms with E-state index in [4.69, 9.17) is 0 Å². The molecule has 0 heterocycles. The Kier molecular flexibility index (Phi) is 6.80. The molecule has 1 nitrogen and oxygen atoms in total. The maximum absolute atomic E-state index is 11.4. The molecule has 8 heavy (non-hydrogen) atoms. The van der Waals surface area contributed by atoms with E-state index in [9.17, 15) is 4.39 Å². The maximum Gasteiger partial charge on any atom is 0.0894 e. The molecule has 0 saturated carbocycles. The van der Waals surface area contributed by atoms with Gasteiger partial charge in [0.15, 0.2) is 0 Å². The number of halogens is 1. The van der Waals surface area contributed by atoms with Gasteiger partial charge in [-0.3, -0.25) is 4.39 Å². The molecule has 0 N–H and O–H groups in total. The van der Waals surface area contributed by atoms with Gasteiger partial charge in [0.2, 0.25) is 0 Å². The van der Waals surface area contributed by atoms with Gasteiger partial charge in [-0.1, -0.05) is 6.92 Å². The topological polar surface area (TPSA) is 14.1 Å². The summed E-state index contributed by atoms with van der Waals surface area (Å²) in [7, 11) is 0. The van der Waals surface area contributed by atoms with Crippen LogP contribution < -0.4 is 5.32 Å². The monoisotopic (exact) mass is 118 g/mol. The summed E-state index contributed by atoms with van der Waals surface area (Å²) in [4.78, 5) is 0. The van der Waals surface area contributed by atoms with Crippen molar-refractivity contribution in [1.29, 1.82) is 0 Å². The Morgan fingerprint density at radius 1 is 1.38 bits per heavy atom. The summed E-state index contributed by atoms with van der Waals surface area (Å²) in [6, 6.07) is 0. The minimum atomic E-state index is -0.195. The molecule has 0 aliphatic rings. The van der Waals surface area contributed by atoms with E-state index >= 15 is 0 Å². The van der Waals surface area contributed by atoms with E-state index in [1.54, 1.807) is 0 Å². The van der Waals surface area contributed by atoms with E-state index in [-0.39, 0.29) is 6.67 Å².